The van der Waals surface area contributed by atoms with Crippen molar-refractivity contribution >= 4 is 27.5 Å². The molecule has 0 spiro atoms. The van der Waals surface area contributed by atoms with Crippen LogP contribution in [0.15, 0.2) is 47.2 Å². The summed E-state index contributed by atoms with van der Waals surface area (Å²) in [5, 5.41) is 0.537. The molecular formula is C14H14BrClN2O. The van der Waals surface area contributed by atoms with Crippen LogP contribution in [0.5, 0.6) is 5.75 Å². The van der Waals surface area contributed by atoms with Crippen molar-refractivity contribution in [3.05, 3.63) is 57.8 Å². The highest BCUT2D eigenvalue weighted by Gasteiger charge is 2.18. The van der Waals surface area contributed by atoms with Crippen LogP contribution < -0.4 is 10.5 Å². The first-order chi connectivity index (χ1) is 9.06. The van der Waals surface area contributed by atoms with Gasteiger partial charge in [-0.3, -0.25) is 4.98 Å². The second-order valence-electron chi connectivity index (χ2n) is 4.29. The molecule has 0 aliphatic rings. The van der Waals surface area contributed by atoms with Crippen molar-refractivity contribution in [2.45, 2.75) is 19.1 Å². The van der Waals surface area contributed by atoms with Gasteiger partial charge in [-0.25, -0.2) is 0 Å². The van der Waals surface area contributed by atoms with Gasteiger partial charge >= 0.3 is 0 Å². The molecule has 0 radical (unpaired) electrons. The van der Waals surface area contributed by atoms with Crippen LogP contribution in [-0.4, -0.2) is 11.0 Å². The van der Waals surface area contributed by atoms with Crippen LogP contribution >= 0.6 is 27.5 Å². The monoisotopic (exact) mass is 340 g/mol. The van der Waals surface area contributed by atoms with Gasteiger partial charge in [-0.05, 0) is 24.6 Å². The molecule has 3 nitrogen and oxygen atoms in total. The first-order valence-corrected chi connectivity index (χ1v) is 7.01. The number of ether oxygens (including phenoxy) is 1. The maximum Gasteiger partial charge on any atom is 0.140 e. The standard InChI is InChI=1S/C14H14BrClN2O/c1-9(17)14(10-3-2-4-11(15)5-10)19-13-6-12(16)7-18-8-13/h2-9,14H,17H2,1H3. The van der Waals surface area contributed by atoms with Gasteiger partial charge in [-0.2, -0.15) is 0 Å². The van der Waals surface area contributed by atoms with Gasteiger partial charge in [0.05, 0.1) is 11.2 Å². The molecule has 0 aliphatic carbocycles. The zero-order valence-corrected chi connectivity index (χ0v) is 12.7. The molecule has 0 amide bonds. The minimum Gasteiger partial charge on any atom is -0.482 e. The van der Waals surface area contributed by atoms with E-state index in [4.69, 9.17) is 22.1 Å². The molecule has 100 valence electrons. The van der Waals surface area contributed by atoms with E-state index in [2.05, 4.69) is 20.9 Å². The SMILES string of the molecule is CC(N)C(Oc1cncc(Cl)c1)c1cccc(Br)c1. The molecular weight excluding hydrogens is 328 g/mol. The van der Waals surface area contributed by atoms with E-state index in [0.717, 1.165) is 10.0 Å². The fourth-order valence-electron chi connectivity index (χ4n) is 1.77. The molecule has 0 saturated carbocycles. The average molecular weight is 342 g/mol. The van der Waals surface area contributed by atoms with E-state index in [1.807, 2.05) is 31.2 Å². The van der Waals surface area contributed by atoms with E-state index in [9.17, 15) is 0 Å². The third kappa shape index (κ3) is 3.93. The maximum atomic E-state index is 6.01. The second-order valence-corrected chi connectivity index (χ2v) is 5.64. The third-order valence-electron chi connectivity index (χ3n) is 2.60. The van der Waals surface area contributed by atoms with E-state index in [1.54, 1.807) is 18.5 Å². The summed E-state index contributed by atoms with van der Waals surface area (Å²) < 4.78 is 6.89. The molecule has 0 fully saturated rings. The number of benzene rings is 1. The Morgan fingerprint density at radius 3 is 2.74 bits per heavy atom. The van der Waals surface area contributed by atoms with Gasteiger partial charge in [0.1, 0.15) is 11.9 Å². The van der Waals surface area contributed by atoms with Gasteiger partial charge < -0.3 is 10.5 Å². The summed E-state index contributed by atoms with van der Waals surface area (Å²) in [4.78, 5) is 4.00. The summed E-state index contributed by atoms with van der Waals surface area (Å²) in [7, 11) is 0. The molecule has 1 heterocycles. The lowest BCUT2D eigenvalue weighted by atomic mass is 10.0. The molecule has 0 bridgehead atoms. The normalized spacial score (nSPS) is 13.9. The largest absolute Gasteiger partial charge is 0.482 e. The summed E-state index contributed by atoms with van der Waals surface area (Å²) in [6, 6.07) is 9.45. The third-order valence-corrected chi connectivity index (χ3v) is 3.30. The molecule has 0 saturated heterocycles. The first-order valence-electron chi connectivity index (χ1n) is 5.84. The highest BCUT2D eigenvalue weighted by molar-refractivity contribution is 9.10. The van der Waals surface area contributed by atoms with Crippen LogP contribution in [0.25, 0.3) is 0 Å². The Balaban J connectivity index is 2.26. The van der Waals surface area contributed by atoms with Gasteiger partial charge in [0.2, 0.25) is 0 Å². The van der Waals surface area contributed by atoms with Crippen molar-refractivity contribution in [3.63, 3.8) is 0 Å². The van der Waals surface area contributed by atoms with Crippen LogP contribution in [-0.2, 0) is 0 Å². The summed E-state index contributed by atoms with van der Waals surface area (Å²) in [6.07, 6.45) is 2.94. The number of aromatic nitrogens is 1. The van der Waals surface area contributed by atoms with Gasteiger partial charge in [0.15, 0.2) is 0 Å². The Labute approximate surface area is 125 Å². The predicted octanol–water partition coefficient (Wildman–Crippen LogP) is 3.96. The molecule has 2 rings (SSSR count). The van der Waals surface area contributed by atoms with Crippen molar-refractivity contribution in [2.75, 3.05) is 0 Å². The molecule has 2 unspecified atom stereocenters. The van der Waals surface area contributed by atoms with Gasteiger partial charge in [0, 0.05) is 22.8 Å². The number of rotatable bonds is 4. The lowest BCUT2D eigenvalue weighted by molar-refractivity contribution is 0.180. The Morgan fingerprint density at radius 1 is 1.32 bits per heavy atom. The summed E-state index contributed by atoms with van der Waals surface area (Å²) in [6.45, 7) is 1.91. The Hall–Kier alpha value is -1.10. The number of hydrogen-bond acceptors (Lipinski definition) is 3. The van der Waals surface area contributed by atoms with Crippen molar-refractivity contribution < 1.29 is 4.74 Å². The van der Waals surface area contributed by atoms with E-state index in [1.165, 1.54) is 0 Å². The molecule has 2 atom stereocenters. The minimum atomic E-state index is -0.252. The van der Waals surface area contributed by atoms with Crippen LogP contribution in [0.3, 0.4) is 0 Å². The fourth-order valence-corrected chi connectivity index (χ4v) is 2.35. The Bertz CT molecular complexity index is 563. The smallest absolute Gasteiger partial charge is 0.140 e. The molecule has 19 heavy (non-hydrogen) atoms. The number of pyridine rings is 1. The van der Waals surface area contributed by atoms with E-state index < -0.39 is 0 Å². The molecule has 2 N–H and O–H groups in total. The summed E-state index contributed by atoms with van der Waals surface area (Å²) >= 11 is 9.34. The van der Waals surface area contributed by atoms with Crippen molar-refractivity contribution in [3.8, 4) is 5.75 Å². The fraction of sp³-hybridized carbons (Fsp3) is 0.214. The van der Waals surface area contributed by atoms with Crippen LogP contribution in [0, 0.1) is 0 Å². The topological polar surface area (TPSA) is 48.1 Å². The van der Waals surface area contributed by atoms with Crippen LogP contribution in [0.1, 0.15) is 18.6 Å². The highest BCUT2D eigenvalue weighted by Crippen LogP contribution is 2.27. The Kier molecular flexibility index (Phi) is 4.80. The molecule has 5 heteroatoms. The second kappa shape index (κ2) is 6.37. The molecule has 1 aromatic heterocycles. The number of hydrogen-bond donors (Lipinski definition) is 1. The lowest BCUT2D eigenvalue weighted by Gasteiger charge is -2.23. The molecule has 1 aromatic carbocycles. The van der Waals surface area contributed by atoms with E-state index in [-0.39, 0.29) is 12.1 Å². The van der Waals surface area contributed by atoms with E-state index in [0.29, 0.717) is 10.8 Å². The van der Waals surface area contributed by atoms with Crippen molar-refractivity contribution in [2.24, 2.45) is 5.73 Å². The predicted molar refractivity (Wildman–Crippen MR) is 80.4 cm³/mol. The number of nitrogens with two attached hydrogens (primary N) is 1. The highest BCUT2D eigenvalue weighted by atomic mass is 79.9. The van der Waals surface area contributed by atoms with Crippen LogP contribution in [0.4, 0.5) is 0 Å². The Morgan fingerprint density at radius 2 is 2.11 bits per heavy atom. The minimum absolute atomic E-state index is 0.159. The van der Waals surface area contributed by atoms with Crippen molar-refractivity contribution in [1.82, 2.24) is 4.98 Å². The average Bonchev–Trinajstić information content (AvgIpc) is 2.35. The van der Waals surface area contributed by atoms with E-state index >= 15 is 0 Å². The quantitative estimate of drug-likeness (QED) is 0.915. The van der Waals surface area contributed by atoms with Gasteiger partial charge in [0.25, 0.3) is 0 Å². The number of halogens is 2. The van der Waals surface area contributed by atoms with Gasteiger partial charge in [-0.15, -0.1) is 0 Å². The van der Waals surface area contributed by atoms with Gasteiger partial charge in [-0.1, -0.05) is 39.7 Å². The van der Waals surface area contributed by atoms with Crippen LogP contribution in [0.2, 0.25) is 5.02 Å². The summed E-state index contributed by atoms with van der Waals surface area (Å²) in [5.41, 5.74) is 7.01. The number of nitrogens with zero attached hydrogens (tertiary/aromatic N) is 1. The maximum absolute atomic E-state index is 6.01. The first kappa shape index (κ1) is 14.3. The molecule has 2 aromatic rings. The zero-order valence-electron chi connectivity index (χ0n) is 10.4. The zero-order chi connectivity index (χ0) is 13.8. The van der Waals surface area contributed by atoms with Crippen molar-refractivity contribution in [1.29, 1.82) is 0 Å². The summed E-state index contributed by atoms with van der Waals surface area (Å²) in [5.74, 6) is 0.606. The molecule has 0 aliphatic heterocycles. The lowest BCUT2D eigenvalue weighted by Crippen LogP contribution is -2.29.